The molecule has 1 aliphatic heterocycles. The van der Waals surface area contributed by atoms with E-state index in [1.54, 1.807) is 0 Å². The third kappa shape index (κ3) is 2.61. The van der Waals surface area contributed by atoms with Crippen LogP contribution in [0.2, 0.25) is 0 Å². The molecule has 1 heterocycles. The molecule has 0 aliphatic carbocycles. The highest BCUT2D eigenvalue weighted by molar-refractivity contribution is 5.87. The van der Waals surface area contributed by atoms with E-state index in [-0.39, 0.29) is 0 Å². The van der Waals surface area contributed by atoms with Gasteiger partial charge in [-0.1, -0.05) is 0 Å². The summed E-state index contributed by atoms with van der Waals surface area (Å²) in [7, 11) is 0. The molecule has 2 atom stereocenters. The molecule has 0 bridgehead atoms. The van der Waals surface area contributed by atoms with Gasteiger partial charge in [-0.25, -0.2) is 4.79 Å². The molecule has 0 radical (unpaired) electrons. The van der Waals surface area contributed by atoms with Gasteiger partial charge < -0.3 is 9.47 Å². The molecular formula is C7H7F3O4. The summed E-state index contributed by atoms with van der Waals surface area (Å²) in [6, 6.07) is 0. The summed E-state index contributed by atoms with van der Waals surface area (Å²) in [6.45, 7) is 1.30. The molecule has 1 aliphatic rings. The summed E-state index contributed by atoms with van der Waals surface area (Å²) in [6.07, 6.45) is -9.72. The van der Waals surface area contributed by atoms with Gasteiger partial charge in [0.15, 0.2) is 5.78 Å². The van der Waals surface area contributed by atoms with E-state index in [0.717, 1.165) is 0 Å². The Morgan fingerprint density at radius 1 is 1.43 bits per heavy atom. The van der Waals surface area contributed by atoms with Gasteiger partial charge in [-0.3, -0.25) is 4.79 Å². The van der Waals surface area contributed by atoms with Crippen LogP contribution in [0.5, 0.6) is 0 Å². The number of hydrogen-bond acceptors (Lipinski definition) is 4. The molecule has 0 aromatic carbocycles. The fourth-order valence-corrected chi connectivity index (χ4v) is 1.07. The standard InChI is InChI=1S/C7H7F3O4/c1-3-5(14-6(12)13-3)4(11)2-7(8,9)10/h3,5H,2H2,1H3/t3-,5?/m1/s1. The minimum atomic E-state index is -4.59. The van der Waals surface area contributed by atoms with Gasteiger partial charge in [-0.05, 0) is 6.92 Å². The second kappa shape index (κ2) is 3.47. The van der Waals surface area contributed by atoms with E-state index in [0.29, 0.717) is 0 Å². The second-order valence-electron chi connectivity index (χ2n) is 2.87. The normalized spacial score (nSPS) is 27.0. The molecular weight excluding hydrogens is 205 g/mol. The molecule has 0 N–H and O–H groups in total. The lowest BCUT2D eigenvalue weighted by Crippen LogP contribution is -2.32. The van der Waals surface area contributed by atoms with Crippen molar-refractivity contribution in [2.75, 3.05) is 0 Å². The van der Waals surface area contributed by atoms with E-state index < -0.39 is 36.7 Å². The minimum Gasteiger partial charge on any atom is -0.427 e. The molecule has 14 heavy (non-hydrogen) atoms. The SMILES string of the molecule is C[C@H]1OC(=O)OC1C(=O)CC(F)(F)F. The van der Waals surface area contributed by atoms with Gasteiger partial charge in [0.2, 0.25) is 6.10 Å². The number of carbonyl (C=O) groups is 2. The van der Waals surface area contributed by atoms with Crippen molar-refractivity contribution in [3.63, 3.8) is 0 Å². The highest BCUT2D eigenvalue weighted by Crippen LogP contribution is 2.24. The number of hydrogen-bond donors (Lipinski definition) is 0. The number of carbonyl (C=O) groups excluding carboxylic acids is 2. The maximum absolute atomic E-state index is 11.8. The fraction of sp³-hybridized carbons (Fsp3) is 0.714. The molecule has 1 fully saturated rings. The van der Waals surface area contributed by atoms with Crippen LogP contribution in [-0.2, 0) is 14.3 Å². The van der Waals surface area contributed by atoms with Crippen LogP contribution >= 0.6 is 0 Å². The number of cyclic esters (lactones) is 2. The average Bonchev–Trinajstić information content (AvgIpc) is 2.26. The van der Waals surface area contributed by atoms with Crippen LogP contribution in [-0.4, -0.2) is 30.3 Å². The summed E-state index contributed by atoms with van der Waals surface area (Å²) < 4.78 is 44.0. The van der Waals surface area contributed by atoms with E-state index >= 15 is 0 Å². The van der Waals surface area contributed by atoms with Gasteiger partial charge in [0.05, 0.1) is 0 Å². The first-order valence-corrected chi connectivity index (χ1v) is 3.76. The Morgan fingerprint density at radius 2 is 2.00 bits per heavy atom. The monoisotopic (exact) mass is 212 g/mol. The number of Topliss-reactive ketones (excluding diaryl/α,β-unsaturated/α-hetero) is 1. The van der Waals surface area contributed by atoms with Crippen LogP contribution < -0.4 is 0 Å². The third-order valence-corrected chi connectivity index (χ3v) is 1.62. The molecule has 0 amide bonds. The molecule has 1 rings (SSSR count). The lowest BCUT2D eigenvalue weighted by atomic mass is 10.1. The van der Waals surface area contributed by atoms with Gasteiger partial charge >= 0.3 is 12.3 Å². The molecule has 0 aromatic rings. The molecule has 7 heteroatoms. The van der Waals surface area contributed by atoms with Crippen LogP contribution in [0.1, 0.15) is 13.3 Å². The highest BCUT2D eigenvalue weighted by atomic mass is 19.4. The van der Waals surface area contributed by atoms with Crippen molar-refractivity contribution in [1.82, 2.24) is 0 Å². The first-order chi connectivity index (χ1) is 6.29. The molecule has 0 saturated carbocycles. The first kappa shape index (κ1) is 10.8. The maximum atomic E-state index is 11.8. The Labute approximate surface area is 77.0 Å². The smallest absolute Gasteiger partial charge is 0.427 e. The molecule has 4 nitrogen and oxygen atoms in total. The van der Waals surface area contributed by atoms with Gasteiger partial charge in [0, 0.05) is 0 Å². The van der Waals surface area contributed by atoms with Crippen LogP contribution in [0.3, 0.4) is 0 Å². The van der Waals surface area contributed by atoms with Crippen molar-refractivity contribution in [2.24, 2.45) is 0 Å². The Balaban J connectivity index is 2.58. The lowest BCUT2D eigenvalue weighted by Gasteiger charge is -2.11. The predicted octanol–water partition coefficient (Wildman–Crippen LogP) is 1.43. The average molecular weight is 212 g/mol. The summed E-state index contributed by atoms with van der Waals surface area (Å²) in [4.78, 5) is 21.4. The minimum absolute atomic E-state index is 0.961. The van der Waals surface area contributed by atoms with E-state index in [1.165, 1.54) is 6.92 Å². The van der Waals surface area contributed by atoms with E-state index in [9.17, 15) is 22.8 Å². The lowest BCUT2D eigenvalue weighted by molar-refractivity contribution is -0.157. The molecule has 0 aromatic heterocycles. The summed E-state index contributed by atoms with van der Waals surface area (Å²) in [5, 5.41) is 0. The Hall–Kier alpha value is -1.27. The number of halogens is 3. The molecule has 0 spiro atoms. The predicted molar refractivity (Wildman–Crippen MR) is 36.5 cm³/mol. The van der Waals surface area contributed by atoms with Gasteiger partial charge in [0.1, 0.15) is 12.5 Å². The summed E-state index contributed by atoms with van der Waals surface area (Å²) in [5.74, 6) is -1.20. The third-order valence-electron chi connectivity index (χ3n) is 1.62. The molecule has 1 unspecified atom stereocenters. The fourth-order valence-electron chi connectivity index (χ4n) is 1.07. The molecule has 80 valence electrons. The number of rotatable bonds is 2. The number of ether oxygens (including phenoxy) is 2. The second-order valence-corrected chi connectivity index (χ2v) is 2.87. The quantitative estimate of drug-likeness (QED) is 0.649. The summed E-state index contributed by atoms with van der Waals surface area (Å²) >= 11 is 0. The highest BCUT2D eigenvalue weighted by Gasteiger charge is 2.43. The Bertz CT molecular complexity index is 260. The van der Waals surface area contributed by atoms with Gasteiger partial charge in [0.25, 0.3) is 0 Å². The Kier molecular flexibility index (Phi) is 2.68. The van der Waals surface area contributed by atoms with E-state index in [4.69, 9.17) is 0 Å². The van der Waals surface area contributed by atoms with Gasteiger partial charge in [-0.15, -0.1) is 0 Å². The number of alkyl halides is 3. The maximum Gasteiger partial charge on any atom is 0.509 e. The van der Waals surface area contributed by atoms with Crippen molar-refractivity contribution in [1.29, 1.82) is 0 Å². The zero-order valence-electron chi connectivity index (χ0n) is 7.13. The van der Waals surface area contributed by atoms with Crippen molar-refractivity contribution < 1.29 is 32.2 Å². The van der Waals surface area contributed by atoms with Crippen LogP contribution in [0, 0.1) is 0 Å². The zero-order valence-corrected chi connectivity index (χ0v) is 7.13. The van der Waals surface area contributed by atoms with Crippen molar-refractivity contribution in [2.45, 2.75) is 31.7 Å². The van der Waals surface area contributed by atoms with Crippen molar-refractivity contribution >= 4 is 11.9 Å². The summed E-state index contributed by atoms with van der Waals surface area (Å²) in [5.41, 5.74) is 0. The van der Waals surface area contributed by atoms with Gasteiger partial charge in [-0.2, -0.15) is 13.2 Å². The van der Waals surface area contributed by atoms with E-state index in [2.05, 4.69) is 9.47 Å². The molecule has 1 saturated heterocycles. The van der Waals surface area contributed by atoms with Crippen LogP contribution in [0.4, 0.5) is 18.0 Å². The van der Waals surface area contributed by atoms with Crippen LogP contribution in [0.15, 0.2) is 0 Å². The van der Waals surface area contributed by atoms with Crippen LogP contribution in [0.25, 0.3) is 0 Å². The Morgan fingerprint density at radius 3 is 2.36 bits per heavy atom. The van der Waals surface area contributed by atoms with Crippen molar-refractivity contribution in [3.05, 3.63) is 0 Å². The topological polar surface area (TPSA) is 52.6 Å². The largest absolute Gasteiger partial charge is 0.509 e. The van der Waals surface area contributed by atoms with E-state index in [1.807, 2.05) is 0 Å². The first-order valence-electron chi connectivity index (χ1n) is 3.76. The zero-order chi connectivity index (χ0) is 10.9. The van der Waals surface area contributed by atoms with Crippen molar-refractivity contribution in [3.8, 4) is 0 Å². The number of ketones is 1.